The van der Waals surface area contributed by atoms with Gasteiger partial charge in [0.25, 0.3) is 0 Å². The monoisotopic (exact) mass is 379 g/mol. The summed E-state index contributed by atoms with van der Waals surface area (Å²) in [7, 11) is 0. The molecule has 0 fully saturated rings. The highest BCUT2D eigenvalue weighted by Crippen LogP contribution is 2.45. The van der Waals surface area contributed by atoms with Crippen LogP contribution >= 0.6 is 11.8 Å². The summed E-state index contributed by atoms with van der Waals surface area (Å²) in [5.41, 5.74) is 6.47. The number of hydrogen-bond donors (Lipinski definition) is 0. The van der Waals surface area contributed by atoms with E-state index in [4.69, 9.17) is 4.74 Å². The SMILES string of the molecule is CCC(SC(C)c1ccc(OC(C)C)c(C#N)c1)c1cccc2c1CCC2. The van der Waals surface area contributed by atoms with Gasteiger partial charge in [0.15, 0.2) is 0 Å². The molecule has 1 aliphatic rings. The lowest BCUT2D eigenvalue weighted by atomic mass is 9.99. The van der Waals surface area contributed by atoms with Gasteiger partial charge in [0.2, 0.25) is 0 Å². The van der Waals surface area contributed by atoms with Crippen LogP contribution in [0.3, 0.4) is 0 Å². The smallest absolute Gasteiger partial charge is 0.137 e. The van der Waals surface area contributed by atoms with Crippen LogP contribution in [-0.2, 0) is 12.8 Å². The van der Waals surface area contributed by atoms with E-state index in [1.54, 1.807) is 11.1 Å². The Morgan fingerprint density at radius 1 is 1.15 bits per heavy atom. The van der Waals surface area contributed by atoms with Crippen molar-refractivity contribution < 1.29 is 4.74 Å². The van der Waals surface area contributed by atoms with Crippen molar-refractivity contribution in [3.63, 3.8) is 0 Å². The van der Waals surface area contributed by atoms with Crippen molar-refractivity contribution in [3.8, 4) is 11.8 Å². The van der Waals surface area contributed by atoms with Gasteiger partial charge in [0, 0.05) is 10.5 Å². The maximum Gasteiger partial charge on any atom is 0.137 e. The van der Waals surface area contributed by atoms with Crippen molar-refractivity contribution in [2.75, 3.05) is 0 Å². The van der Waals surface area contributed by atoms with Gasteiger partial charge in [0.05, 0.1) is 11.7 Å². The van der Waals surface area contributed by atoms with Crippen LogP contribution in [0.15, 0.2) is 36.4 Å². The molecule has 0 N–H and O–H groups in total. The van der Waals surface area contributed by atoms with Crippen molar-refractivity contribution >= 4 is 11.8 Å². The van der Waals surface area contributed by atoms with Crippen LogP contribution in [0.5, 0.6) is 5.75 Å². The average molecular weight is 380 g/mol. The molecule has 0 saturated heterocycles. The number of aryl methyl sites for hydroxylation is 1. The quantitative estimate of drug-likeness (QED) is 0.531. The summed E-state index contributed by atoms with van der Waals surface area (Å²) >= 11 is 2.01. The number of rotatable bonds is 7. The number of nitrogens with zero attached hydrogens (tertiary/aromatic N) is 1. The van der Waals surface area contributed by atoms with Crippen LogP contribution in [0.1, 0.15) is 78.9 Å². The Bertz CT molecular complexity index is 837. The second-order valence-corrected chi connectivity index (χ2v) is 9.10. The lowest BCUT2D eigenvalue weighted by Crippen LogP contribution is -2.07. The van der Waals surface area contributed by atoms with Gasteiger partial charge in [-0.3, -0.25) is 0 Å². The molecule has 2 nitrogen and oxygen atoms in total. The maximum absolute atomic E-state index is 9.51. The van der Waals surface area contributed by atoms with Crippen LogP contribution in [0.2, 0.25) is 0 Å². The highest BCUT2D eigenvalue weighted by atomic mass is 32.2. The molecule has 2 aromatic rings. The Kier molecular flexibility index (Phi) is 6.50. The van der Waals surface area contributed by atoms with E-state index in [9.17, 15) is 5.26 Å². The maximum atomic E-state index is 9.51. The molecule has 2 aromatic carbocycles. The van der Waals surface area contributed by atoms with E-state index in [-0.39, 0.29) is 6.10 Å². The molecule has 3 heteroatoms. The first-order valence-corrected chi connectivity index (χ1v) is 10.9. The van der Waals surface area contributed by atoms with Crippen molar-refractivity contribution in [1.82, 2.24) is 0 Å². The lowest BCUT2D eigenvalue weighted by Gasteiger charge is -2.23. The van der Waals surface area contributed by atoms with E-state index < -0.39 is 0 Å². The third kappa shape index (κ3) is 4.50. The van der Waals surface area contributed by atoms with Crippen molar-refractivity contribution in [2.45, 2.75) is 70.0 Å². The first-order chi connectivity index (χ1) is 13.0. The summed E-state index contributed by atoms with van der Waals surface area (Å²) in [5, 5.41) is 10.3. The van der Waals surface area contributed by atoms with Gasteiger partial charge in [-0.05, 0) is 80.8 Å². The number of fused-ring (bicyclic) bond motifs is 1. The highest BCUT2D eigenvalue weighted by Gasteiger charge is 2.22. The van der Waals surface area contributed by atoms with E-state index in [1.807, 2.05) is 37.7 Å². The molecule has 0 heterocycles. The van der Waals surface area contributed by atoms with Crippen molar-refractivity contribution in [2.24, 2.45) is 0 Å². The summed E-state index contributed by atoms with van der Waals surface area (Å²) in [6.45, 7) is 8.49. The van der Waals surface area contributed by atoms with E-state index >= 15 is 0 Å². The minimum atomic E-state index is 0.0689. The molecule has 0 aromatic heterocycles. The molecule has 0 aliphatic heterocycles. The Morgan fingerprint density at radius 2 is 1.96 bits per heavy atom. The van der Waals surface area contributed by atoms with E-state index in [2.05, 4.69) is 44.2 Å². The third-order valence-corrected chi connectivity index (χ3v) is 6.82. The zero-order chi connectivity index (χ0) is 19.4. The molecule has 142 valence electrons. The Hall–Kier alpha value is -1.92. The third-order valence-electron chi connectivity index (χ3n) is 5.22. The molecule has 3 rings (SSSR count). The first-order valence-electron chi connectivity index (χ1n) is 10.00. The summed E-state index contributed by atoms with van der Waals surface area (Å²) in [6, 6.07) is 15.2. The molecule has 2 atom stereocenters. The predicted molar refractivity (Wildman–Crippen MR) is 114 cm³/mol. The van der Waals surface area contributed by atoms with Crippen molar-refractivity contribution in [1.29, 1.82) is 5.26 Å². The predicted octanol–water partition coefficient (Wildman–Crippen LogP) is 6.78. The van der Waals surface area contributed by atoms with Crippen LogP contribution in [0.25, 0.3) is 0 Å². The van der Waals surface area contributed by atoms with Crippen LogP contribution in [-0.4, -0.2) is 6.10 Å². The van der Waals surface area contributed by atoms with Crippen LogP contribution < -0.4 is 4.74 Å². The number of nitriles is 1. The Balaban J connectivity index is 1.81. The van der Waals surface area contributed by atoms with Gasteiger partial charge in [-0.2, -0.15) is 5.26 Å². The lowest BCUT2D eigenvalue weighted by molar-refractivity contribution is 0.241. The summed E-state index contributed by atoms with van der Waals surface area (Å²) in [6.07, 6.45) is 4.91. The fraction of sp³-hybridized carbons (Fsp3) is 0.458. The van der Waals surface area contributed by atoms with Gasteiger partial charge in [-0.25, -0.2) is 0 Å². The molecule has 0 amide bonds. The second kappa shape index (κ2) is 8.85. The molecule has 2 unspecified atom stereocenters. The average Bonchev–Trinajstić information content (AvgIpc) is 3.14. The van der Waals surface area contributed by atoms with Gasteiger partial charge >= 0.3 is 0 Å². The number of benzene rings is 2. The Labute approximate surface area is 167 Å². The minimum Gasteiger partial charge on any atom is -0.490 e. The van der Waals surface area contributed by atoms with E-state index in [0.29, 0.717) is 21.8 Å². The molecule has 0 spiro atoms. The van der Waals surface area contributed by atoms with Gasteiger partial charge < -0.3 is 4.74 Å². The standard InChI is InChI=1S/C24H29NOS/c1-5-24(22-11-7-9-18-8-6-10-21(18)22)27-17(4)19-12-13-23(26-16(2)3)20(14-19)15-25/h7,9,11-14,16-17,24H,5-6,8,10H2,1-4H3. The molecule has 1 aliphatic carbocycles. The fourth-order valence-electron chi connectivity index (χ4n) is 3.91. The highest BCUT2D eigenvalue weighted by molar-refractivity contribution is 7.99. The zero-order valence-corrected chi connectivity index (χ0v) is 17.6. The van der Waals surface area contributed by atoms with E-state index in [0.717, 1.165) is 6.42 Å². The molecule has 27 heavy (non-hydrogen) atoms. The largest absolute Gasteiger partial charge is 0.490 e. The van der Waals surface area contributed by atoms with Crippen LogP contribution in [0, 0.1) is 11.3 Å². The zero-order valence-electron chi connectivity index (χ0n) is 16.8. The van der Waals surface area contributed by atoms with Gasteiger partial charge in [-0.1, -0.05) is 31.2 Å². The van der Waals surface area contributed by atoms with Crippen molar-refractivity contribution in [3.05, 3.63) is 64.2 Å². The normalized spacial score (nSPS) is 15.3. The molecular weight excluding hydrogens is 350 g/mol. The second-order valence-electron chi connectivity index (χ2n) is 7.55. The summed E-state index contributed by atoms with van der Waals surface area (Å²) in [4.78, 5) is 0. The summed E-state index contributed by atoms with van der Waals surface area (Å²) < 4.78 is 5.76. The molecule has 0 saturated carbocycles. The summed E-state index contributed by atoms with van der Waals surface area (Å²) in [5.74, 6) is 0.682. The fourth-order valence-corrected chi connectivity index (χ4v) is 5.27. The first kappa shape index (κ1) is 19.8. The number of thioether (sulfide) groups is 1. The van der Waals surface area contributed by atoms with Gasteiger partial charge in [0.1, 0.15) is 11.8 Å². The molecule has 0 bridgehead atoms. The van der Waals surface area contributed by atoms with E-state index in [1.165, 1.54) is 30.4 Å². The van der Waals surface area contributed by atoms with Crippen LogP contribution in [0.4, 0.5) is 0 Å². The molecular formula is C24H29NOS. The number of hydrogen-bond acceptors (Lipinski definition) is 3. The molecule has 0 radical (unpaired) electrons. The van der Waals surface area contributed by atoms with Gasteiger partial charge in [-0.15, -0.1) is 11.8 Å². The number of ether oxygens (including phenoxy) is 1. The Morgan fingerprint density at radius 3 is 2.67 bits per heavy atom. The minimum absolute atomic E-state index is 0.0689. The topological polar surface area (TPSA) is 33.0 Å².